The molecule has 142 valence electrons. The third kappa shape index (κ3) is 3.65. The van der Waals surface area contributed by atoms with E-state index in [1.165, 1.54) is 37.3 Å². The predicted molar refractivity (Wildman–Crippen MR) is 97.9 cm³/mol. The fraction of sp³-hybridized carbons (Fsp3) is 0.529. The lowest BCUT2D eigenvalue weighted by Gasteiger charge is -2.46. The number of benzene rings is 1. The van der Waals surface area contributed by atoms with E-state index in [2.05, 4.69) is 4.85 Å². The smallest absolute Gasteiger partial charge is 0.303 e. The molecule has 0 radical (unpaired) electrons. The number of esters is 1. The van der Waals surface area contributed by atoms with E-state index in [4.69, 9.17) is 27.6 Å². The quantitative estimate of drug-likeness (QED) is 0.572. The van der Waals surface area contributed by atoms with Gasteiger partial charge in [0, 0.05) is 19.5 Å². The van der Waals surface area contributed by atoms with Gasteiger partial charge in [-0.25, -0.2) is 13.3 Å². The van der Waals surface area contributed by atoms with Crippen molar-refractivity contribution in [3.63, 3.8) is 0 Å². The third-order valence-electron chi connectivity index (χ3n) is 4.35. The number of fused-ring (bicyclic) bond motifs is 1. The monoisotopic (exact) mass is 400 g/mol. The Morgan fingerprint density at radius 3 is 2.58 bits per heavy atom. The molecule has 0 saturated heterocycles. The molecule has 1 aromatic rings. The van der Waals surface area contributed by atoms with Crippen LogP contribution >= 0.6 is 11.6 Å². The summed E-state index contributed by atoms with van der Waals surface area (Å²) in [5.41, 5.74) is -0.405. The van der Waals surface area contributed by atoms with Gasteiger partial charge in [0.1, 0.15) is 11.4 Å². The second-order valence-corrected chi connectivity index (χ2v) is 9.27. The largest absolute Gasteiger partial charge is 0.484 e. The first-order valence-corrected chi connectivity index (χ1v) is 9.96. The molecule has 9 heteroatoms. The van der Waals surface area contributed by atoms with Crippen LogP contribution in [0.1, 0.15) is 39.3 Å². The van der Waals surface area contributed by atoms with Crippen molar-refractivity contribution in [2.45, 2.75) is 45.4 Å². The van der Waals surface area contributed by atoms with Crippen LogP contribution in [0.3, 0.4) is 0 Å². The highest BCUT2D eigenvalue weighted by Gasteiger charge is 2.50. The molecule has 7 nitrogen and oxygen atoms in total. The van der Waals surface area contributed by atoms with E-state index >= 15 is 0 Å². The van der Waals surface area contributed by atoms with Crippen LogP contribution in [0.4, 0.5) is 5.69 Å². The SMILES string of the molecule is [C-]#[N+]c1cc2c(cc1Cl)OC(C)(C)C(OC(C)=O)C2N(C)S(=O)(=O)CC. The summed E-state index contributed by atoms with van der Waals surface area (Å²) >= 11 is 6.11. The van der Waals surface area contributed by atoms with Crippen LogP contribution in [0.5, 0.6) is 5.75 Å². The van der Waals surface area contributed by atoms with Crippen molar-refractivity contribution in [1.29, 1.82) is 0 Å². The molecule has 26 heavy (non-hydrogen) atoms. The molecule has 0 bridgehead atoms. The second kappa shape index (κ2) is 7.06. The minimum Gasteiger partial charge on any atom is -0.484 e. The molecule has 2 rings (SSSR count). The summed E-state index contributed by atoms with van der Waals surface area (Å²) in [5, 5.41) is 0.209. The lowest BCUT2D eigenvalue weighted by molar-refractivity contribution is -0.165. The van der Waals surface area contributed by atoms with Crippen molar-refractivity contribution in [2.24, 2.45) is 0 Å². The highest BCUT2D eigenvalue weighted by atomic mass is 35.5. The number of rotatable bonds is 4. The van der Waals surface area contributed by atoms with Crippen molar-refractivity contribution < 1.29 is 22.7 Å². The van der Waals surface area contributed by atoms with Gasteiger partial charge in [-0.1, -0.05) is 11.6 Å². The Kier molecular flexibility index (Phi) is 5.57. The molecule has 0 saturated carbocycles. The lowest BCUT2D eigenvalue weighted by atomic mass is 9.86. The Balaban J connectivity index is 2.75. The first-order valence-electron chi connectivity index (χ1n) is 7.97. The Bertz CT molecular complexity index is 876. The molecule has 0 aromatic heterocycles. The standard InChI is InChI=1S/C17H21ClN2O5S/c1-7-26(22,23)20(6)15-11-8-13(19-5)12(18)9-14(11)25-17(3,4)16(15)24-10(2)21/h8-9,15-16H,7H2,1-4,6H3. The molecule has 2 unspecified atom stereocenters. The zero-order valence-electron chi connectivity index (χ0n) is 15.2. The fourth-order valence-electron chi connectivity index (χ4n) is 3.00. The van der Waals surface area contributed by atoms with Crippen LogP contribution in [0.15, 0.2) is 12.1 Å². The Labute approximate surface area is 158 Å². The molecule has 0 spiro atoms. The number of ether oxygens (including phenoxy) is 2. The summed E-state index contributed by atoms with van der Waals surface area (Å²) < 4.78 is 37.6. The molecule has 0 amide bonds. The van der Waals surface area contributed by atoms with Crippen LogP contribution < -0.4 is 4.74 Å². The Morgan fingerprint density at radius 2 is 2.08 bits per heavy atom. The third-order valence-corrected chi connectivity index (χ3v) is 6.49. The summed E-state index contributed by atoms with van der Waals surface area (Å²) in [5.74, 6) is -0.312. The van der Waals surface area contributed by atoms with Crippen LogP contribution in [0, 0.1) is 6.57 Å². The van der Waals surface area contributed by atoms with E-state index in [1.807, 2.05) is 0 Å². The van der Waals surface area contributed by atoms with Gasteiger partial charge in [-0.2, -0.15) is 4.31 Å². The summed E-state index contributed by atoms with van der Waals surface area (Å²) in [6, 6.07) is 2.14. The van der Waals surface area contributed by atoms with E-state index in [0.29, 0.717) is 11.3 Å². The van der Waals surface area contributed by atoms with Crippen molar-refractivity contribution in [2.75, 3.05) is 12.8 Å². The summed E-state index contributed by atoms with van der Waals surface area (Å²) in [4.78, 5) is 15.0. The van der Waals surface area contributed by atoms with Crippen molar-refractivity contribution in [3.05, 3.63) is 34.1 Å². The van der Waals surface area contributed by atoms with E-state index < -0.39 is 33.7 Å². The molecule has 0 N–H and O–H groups in total. The minimum absolute atomic E-state index is 0.118. The normalized spacial score (nSPS) is 21.5. The van der Waals surface area contributed by atoms with Gasteiger partial charge in [0.2, 0.25) is 15.7 Å². The van der Waals surface area contributed by atoms with Gasteiger partial charge in [0.25, 0.3) is 0 Å². The first kappa shape index (κ1) is 20.5. The minimum atomic E-state index is -3.61. The summed E-state index contributed by atoms with van der Waals surface area (Å²) in [6.07, 6.45) is -0.904. The van der Waals surface area contributed by atoms with Gasteiger partial charge in [-0.05, 0) is 32.9 Å². The van der Waals surface area contributed by atoms with Gasteiger partial charge < -0.3 is 9.47 Å². The molecular formula is C17H21ClN2O5S. The molecule has 0 aliphatic carbocycles. The maximum atomic E-state index is 12.5. The average molecular weight is 401 g/mol. The van der Waals surface area contributed by atoms with E-state index in [0.717, 1.165) is 0 Å². The van der Waals surface area contributed by atoms with Crippen molar-refractivity contribution >= 4 is 33.3 Å². The zero-order chi connectivity index (χ0) is 19.9. The zero-order valence-corrected chi connectivity index (χ0v) is 16.8. The van der Waals surface area contributed by atoms with E-state index in [9.17, 15) is 13.2 Å². The molecule has 2 atom stereocenters. The first-order chi connectivity index (χ1) is 11.9. The lowest BCUT2D eigenvalue weighted by Crippen LogP contribution is -2.55. The summed E-state index contributed by atoms with van der Waals surface area (Å²) in [7, 11) is -2.19. The van der Waals surface area contributed by atoms with Crippen LogP contribution in [-0.4, -0.2) is 43.2 Å². The molecule has 1 aliphatic rings. The second-order valence-electron chi connectivity index (χ2n) is 6.55. The van der Waals surface area contributed by atoms with Crippen LogP contribution in [-0.2, 0) is 19.6 Å². The molecular weight excluding hydrogens is 380 g/mol. The van der Waals surface area contributed by atoms with E-state index in [-0.39, 0.29) is 16.5 Å². The molecule has 1 aliphatic heterocycles. The Morgan fingerprint density at radius 1 is 1.46 bits per heavy atom. The van der Waals surface area contributed by atoms with Gasteiger partial charge in [0.15, 0.2) is 6.10 Å². The number of carbonyl (C=O) groups excluding carboxylic acids is 1. The number of sulfonamides is 1. The maximum Gasteiger partial charge on any atom is 0.303 e. The number of hydrogen-bond acceptors (Lipinski definition) is 5. The summed E-state index contributed by atoms with van der Waals surface area (Å²) in [6.45, 7) is 13.5. The molecule has 0 fully saturated rings. The highest BCUT2D eigenvalue weighted by Crippen LogP contribution is 2.47. The van der Waals surface area contributed by atoms with E-state index in [1.54, 1.807) is 13.8 Å². The highest BCUT2D eigenvalue weighted by molar-refractivity contribution is 7.89. The molecule has 1 heterocycles. The maximum absolute atomic E-state index is 12.5. The van der Waals surface area contributed by atoms with Gasteiger partial charge in [-0.15, -0.1) is 0 Å². The molecule has 1 aromatic carbocycles. The number of hydrogen-bond donors (Lipinski definition) is 0. The average Bonchev–Trinajstić information content (AvgIpc) is 2.54. The van der Waals surface area contributed by atoms with Crippen LogP contribution in [0.25, 0.3) is 4.85 Å². The number of carbonyl (C=O) groups is 1. The Hall–Kier alpha value is -1.82. The van der Waals surface area contributed by atoms with Gasteiger partial charge in [-0.3, -0.25) is 4.79 Å². The van der Waals surface area contributed by atoms with Crippen molar-refractivity contribution in [1.82, 2.24) is 4.31 Å². The predicted octanol–water partition coefficient (Wildman–Crippen LogP) is 3.32. The van der Waals surface area contributed by atoms with Gasteiger partial charge in [0.05, 0.1) is 23.4 Å². The van der Waals surface area contributed by atoms with Crippen LogP contribution in [0.2, 0.25) is 5.02 Å². The number of halogens is 1. The number of nitrogens with zero attached hydrogens (tertiary/aromatic N) is 2. The number of likely N-dealkylation sites (N-methyl/N-ethyl adjacent to an activating group) is 1. The van der Waals surface area contributed by atoms with Crippen molar-refractivity contribution in [3.8, 4) is 5.75 Å². The van der Waals surface area contributed by atoms with Gasteiger partial charge >= 0.3 is 5.97 Å². The topological polar surface area (TPSA) is 77.3 Å². The fourth-order valence-corrected chi connectivity index (χ4v) is 4.17.